The van der Waals surface area contributed by atoms with Gasteiger partial charge in [-0.2, -0.15) is 5.26 Å². The number of aromatic nitrogens is 1. The summed E-state index contributed by atoms with van der Waals surface area (Å²) >= 11 is 5.88. The number of ether oxygens (including phenoxy) is 1. The van der Waals surface area contributed by atoms with Crippen molar-refractivity contribution in [1.82, 2.24) is 4.57 Å². The van der Waals surface area contributed by atoms with Crippen molar-refractivity contribution in [3.8, 4) is 11.8 Å². The molecule has 0 aliphatic carbocycles. The number of halogens is 2. The van der Waals surface area contributed by atoms with E-state index in [0.717, 1.165) is 0 Å². The van der Waals surface area contributed by atoms with E-state index in [9.17, 15) is 9.18 Å². The number of carbonyl (C=O) groups excluding carboxylic acids is 1. The highest BCUT2D eigenvalue weighted by Gasteiger charge is 2.23. The summed E-state index contributed by atoms with van der Waals surface area (Å²) < 4.78 is 19.4. The third-order valence-corrected chi connectivity index (χ3v) is 3.11. The molecule has 0 bridgehead atoms. The number of benzene rings is 1. The summed E-state index contributed by atoms with van der Waals surface area (Å²) in [5.74, 6) is -1.39. The molecule has 0 atom stereocenters. The van der Waals surface area contributed by atoms with Gasteiger partial charge in [-0.15, -0.1) is 0 Å². The van der Waals surface area contributed by atoms with Crippen molar-refractivity contribution in [2.75, 3.05) is 12.8 Å². The average molecular weight is 294 g/mol. The first kappa shape index (κ1) is 13.9. The minimum absolute atomic E-state index is 0.0420. The molecule has 0 saturated carbocycles. The zero-order valence-corrected chi connectivity index (χ0v) is 11.1. The van der Waals surface area contributed by atoms with Crippen LogP contribution in [-0.4, -0.2) is 17.6 Å². The number of rotatable bonds is 2. The van der Waals surface area contributed by atoms with Gasteiger partial charge in [0.15, 0.2) is 5.69 Å². The highest BCUT2D eigenvalue weighted by molar-refractivity contribution is 6.32. The first-order chi connectivity index (χ1) is 9.51. The molecule has 20 heavy (non-hydrogen) atoms. The molecule has 2 aromatic rings. The molecule has 0 amide bonds. The minimum Gasteiger partial charge on any atom is -0.464 e. The van der Waals surface area contributed by atoms with Crippen molar-refractivity contribution >= 4 is 23.3 Å². The molecule has 1 heterocycles. The standard InChI is InChI=1S/C13H9ClFN3O2/c1-20-13(19)12-11(17)7(5-16)6-18(12)9-4-2-3-8(15)10(9)14/h2-4,6H,17H2,1H3. The Kier molecular flexibility index (Phi) is 3.63. The van der Waals surface area contributed by atoms with E-state index < -0.39 is 11.8 Å². The van der Waals surface area contributed by atoms with Gasteiger partial charge in [0.25, 0.3) is 0 Å². The zero-order valence-electron chi connectivity index (χ0n) is 10.4. The van der Waals surface area contributed by atoms with Crippen LogP contribution in [0.4, 0.5) is 10.1 Å². The second-order valence-corrected chi connectivity index (χ2v) is 4.23. The largest absolute Gasteiger partial charge is 0.464 e. The average Bonchev–Trinajstić information content (AvgIpc) is 2.77. The van der Waals surface area contributed by atoms with Crippen molar-refractivity contribution in [3.63, 3.8) is 0 Å². The van der Waals surface area contributed by atoms with E-state index in [-0.39, 0.29) is 27.7 Å². The van der Waals surface area contributed by atoms with E-state index in [2.05, 4.69) is 4.74 Å². The number of carbonyl (C=O) groups is 1. The summed E-state index contributed by atoms with van der Waals surface area (Å²) in [6, 6.07) is 5.96. The van der Waals surface area contributed by atoms with Gasteiger partial charge in [-0.1, -0.05) is 17.7 Å². The van der Waals surface area contributed by atoms with E-state index >= 15 is 0 Å². The molecule has 0 aliphatic rings. The maximum absolute atomic E-state index is 13.5. The summed E-state index contributed by atoms with van der Waals surface area (Å²) in [7, 11) is 1.18. The lowest BCUT2D eigenvalue weighted by Gasteiger charge is -2.10. The van der Waals surface area contributed by atoms with Gasteiger partial charge in [0.05, 0.1) is 24.0 Å². The van der Waals surface area contributed by atoms with Crippen molar-refractivity contribution in [1.29, 1.82) is 5.26 Å². The Bertz CT molecular complexity index is 734. The van der Waals surface area contributed by atoms with Crippen LogP contribution in [-0.2, 0) is 4.74 Å². The topological polar surface area (TPSA) is 81.0 Å². The van der Waals surface area contributed by atoms with E-state index in [1.54, 1.807) is 0 Å². The van der Waals surface area contributed by atoms with Crippen LogP contribution in [0.15, 0.2) is 24.4 Å². The van der Waals surface area contributed by atoms with Crippen molar-refractivity contribution in [2.45, 2.75) is 0 Å². The fraction of sp³-hybridized carbons (Fsp3) is 0.0769. The van der Waals surface area contributed by atoms with Crippen LogP contribution in [0.5, 0.6) is 0 Å². The number of hydrogen-bond donors (Lipinski definition) is 1. The molecule has 0 unspecified atom stereocenters. The molecule has 2 rings (SSSR count). The van der Waals surface area contributed by atoms with Gasteiger partial charge in [-0.05, 0) is 12.1 Å². The minimum atomic E-state index is -0.746. The second-order valence-electron chi connectivity index (χ2n) is 3.85. The molecule has 0 radical (unpaired) electrons. The number of methoxy groups -OCH3 is 1. The predicted molar refractivity (Wildman–Crippen MR) is 71.2 cm³/mol. The van der Waals surface area contributed by atoms with Gasteiger partial charge in [-0.3, -0.25) is 0 Å². The number of hydrogen-bond acceptors (Lipinski definition) is 4. The number of esters is 1. The first-order valence-electron chi connectivity index (χ1n) is 5.44. The van der Waals surface area contributed by atoms with Crippen LogP contribution in [0.25, 0.3) is 5.69 Å². The Balaban J connectivity index is 2.77. The molecule has 2 N–H and O–H groups in total. The van der Waals surface area contributed by atoms with Gasteiger partial charge in [0.1, 0.15) is 16.9 Å². The Morgan fingerprint density at radius 2 is 2.25 bits per heavy atom. The molecule has 0 fully saturated rings. The second kappa shape index (κ2) is 5.23. The molecule has 1 aromatic heterocycles. The van der Waals surface area contributed by atoms with Gasteiger partial charge in [0.2, 0.25) is 0 Å². The van der Waals surface area contributed by atoms with Crippen LogP contribution in [0, 0.1) is 17.1 Å². The van der Waals surface area contributed by atoms with Gasteiger partial charge in [0, 0.05) is 6.20 Å². The first-order valence-corrected chi connectivity index (χ1v) is 5.82. The number of nitrogens with two attached hydrogens (primary N) is 1. The number of nitrogens with zero attached hydrogens (tertiary/aromatic N) is 2. The van der Waals surface area contributed by atoms with Crippen LogP contribution in [0.1, 0.15) is 16.1 Å². The number of anilines is 1. The molecular weight excluding hydrogens is 285 g/mol. The van der Waals surface area contributed by atoms with Crippen LogP contribution in [0.2, 0.25) is 5.02 Å². The van der Waals surface area contributed by atoms with E-state index in [4.69, 9.17) is 22.6 Å². The molecule has 102 valence electrons. The smallest absolute Gasteiger partial charge is 0.357 e. The van der Waals surface area contributed by atoms with Gasteiger partial charge < -0.3 is 15.0 Å². The number of nitrogen functional groups attached to an aromatic ring is 1. The summed E-state index contributed by atoms with van der Waals surface area (Å²) in [6.07, 6.45) is 1.31. The predicted octanol–water partition coefficient (Wildman–Crippen LogP) is 2.51. The van der Waals surface area contributed by atoms with Crippen LogP contribution < -0.4 is 5.73 Å². The summed E-state index contributed by atoms with van der Waals surface area (Å²) in [4.78, 5) is 11.8. The van der Waals surface area contributed by atoms with Crippen LogP contribution in [0.3, 0.4) is 0 Å². The summed E-state index contributed by atoms with van der Waals surface area (Å²) in [5.41, 5.74) is 5.89. The molecular formula is C13H9ClFN3O2. The van der Waals surface area contributed by atoms with E-state index in [0.29, 0.717) is 0 Å². The van der Waals surface area contributed by atoms with Crippen LogP contribution >= 0.6 is 11.6 Å². The molecule has 5 nitrogen and oxygen atoms in total. The third kappa shape index (κ3) is 2.08. The Labute approximate surface area is 118 Å². The normalized spacial score (nSPS) is 10.1. The third-order valence-electron chi connectivity index (χ3n) is 2.73. The SMILES string of the molecule is COC(=O)c1c(N)c(C#N)cn1-c1cccc(F)c1Cl. The molecule has 0 saturated heterocycles. The van der Waals surface area contributed by atoms with Crippen molar-refractivity contribution in [3.05, 3.63) is 46.5 Å². The van der Waals surface area contributed by atoms with E-state index in [1.807, 2.05) is 6.07 Å². The lowest BCUT2D eigenvalue weighted by atomic mass is 10.2. The van der Waals surface area contributed by atoms with Crippen molar-refractivity contribution < 1.29 is 13.9 Å². The van der Waals surface area contributed by atoms with E-state index in [1.165, 1.54) is 36.1 Å². The number of nitriles is 1. The van der Waals surface area contributed by atoms with Gasteiger partial charge >= 0.3 is 5.97 Å². The Morgan fingerprint density at radius 3 is 2.85 bits per heavy atom. The summed E-state index contributed by atoms with van der Waals surface area (Å²) in [5, 5.41) is 8.80. The molecule has 7 heteroatoms. The Hall–Kier alpha value is -2.52. The lowest BCUT2D eigenvalue weighted by molar-refractivity contribution is 0.0593. The van der Waals surface area contributed by atoms with Crippen molar-refractivity contribution in [2.24, 2.45) is 0 Å². The fourth-order valence-corrected chi connectivity index (χ4v) is 2.00. The molecule has 1 aromatic carbocycles. The summed E-state index contributed by atoms with van der Waals surface area (Å²) in [6.45, 7) is 0. The maximum atomic E-state index is 13.5. The monoisotopic (exact) mass is 293 g/mol. The lowest BCUT2D eigenvalue weighted by Crippen LogP contribution is -2.11. The maximum Gasteiger partial charge on any atom is 0.357 e. The Morgan fingerprint density at radius 1 is 1.55 bits per heavy atom. The highest BCUT2D eigenvalue weighted by atomic mass is 35.5. The highest BCUT2D eigenvalue weighted by Crippen LogP contribution is 2.29. The quantitative estimate of drug-likeness (QED) is 0.863. The zero-order chi connectivity index (χ0) is 14.9. The van der Waals surface area contributed by atoms with Gasteiger partial charge in [-0.25, -0.2) is 9.18 Å². The molecule has 0 aliphatic heterocycles. The fourth-order valence-electron chi connectivity index (χ4n) is 1.78. The molecule has 0 spiro atoms.